The molecule has 1 aromatic rings. The van der Waals surface area contributed by atoms with E-state index in [1.807, 2.05) is 0 Å². The first kappa shape index (κ1) is 18.5. The number of hydrogen-bond donors (Lipinski definition) is 3. The van der Waals surface area contributed by atoms with Gasteiger partial charge in [0.25, 0.3) is 0 Å². The molecule has 9 heteroatoms. The second kappa shape index (κ2) is 6.67. The van der Waals surface area contributed by atoms with Gasteiger partial charge in [0.05, 0.1) is 0 Å². The van der Waals surface area contributed by atoms with Crippen molar-refractivity contribution in [2.24, 2.45) is 0 Å². The molecule has 1 unspecified atom stereocenters. The molecule has 23 heavy (non-hydrogen) atoms. The standard InChI is InChI=1S/C14H15F3N2O4/c1-13(2,19-12(23)14(15,16)17)11(22)18-9(10(20)21)8-6-4-3-5-7-8/h3-7,9H,1-2H3,(H,18,22)(H,19,23)(H,20,21). The lowest BCUT2D eigenvalue weighted by atomic mass is 10.0. The van der Waals surface area contributed by atoms with Gasteiger partial charge < -0.3 is 15.7 Å². The van der Waals surface area contributed by atoms with E-state index >= 15 is 0 Å². The summed E-state index contributed by atoms with van der Waals surface area (Å²) in [5.74, 6) is -4.74. The predicted octanol–water partition coefficient (Wildman–Crippen LogP) is 1.39. The second-order valence-electron chi connectivity index (χ2n) is 5.23. The van der Waals surface area contributed by atoms with E-state index in [0.29, 0.717) is 0 Å². The molecule has 0 radical (unpaired) electrons. The average molecular weight is 332 g/mol. The van der Waals surface area contributed by atoms with Crippen LogP contribution in [0.5, 0.6) is 0 Å². The van der Waals surface area contributed by atoms with E-state index in [1.165, 1.54) is 17.4 Å². The van der Waals surface area contributed by atoms with Crippen molar-refractivity contribution in [3.05, 3.63) is 35.9 Å². The first-order valence-corrected chi connectivity index (χ1v) is 6.43. The number of hydrogen-bond acceptors (Lipinski definition) is 3. The van der Waals surface area contributed by atoms with Crippen LogP contribution < -0.4 is 10.6 Å². The first-order chi connectivity index (χ1) is 10.4. The van der Waals surface area contributed by atoms with Gasteiger partial charge in [0.15, 0.2) is 6.04 Å². The highest BCUT2D eigenvalue weighted by molar-refractivity contribution is 5.94. The van der Waals surface area contributed by atoms with E-state index in [1.54, 1.807) is 18.2 Å². The van der Waals surface area contributed by atoms with Crippen LogP contribution in [0.1, 0.15) is 25.5 Å². The summed E-state index contributed by atoms with van der Waals surface area (Å²) in [4.78, 5) is 34.3. The zero-order valence-corrected chi connectivity index (χ0v) is 12.3. The molecule has 1 atom stereocenters. The van der Waals surface area contributed by atoms with Gasteiger partial charge in [-0.05, 0) is 19.4 Å². The smallest absolute Gasteiger partial charge is 0.471 e. The van der Waals surface area contributed by atoms with Gasteiger partial charge in [-0.25, -0.2) is 4.79 Å². The van der Waals surface area contributed by atoms with Crippen molar-refractivity contribution >= 4 is 17.8 Å². The summed E-state index contributed by atoms with van der Waals surface area (Å²) < 4.78 is 36.8. The quantitative estimate of drug-likeness (QED) is 0.759. The summed E-state index contributed by atoms with van der Waals surface area (Å²) in [6.45, 7) is 2.08. The molecule has 0 fully saturated rings. The maximum atomic E-state index is 12.3. The Morgan fingerprint density at radius 1 is 1.04 bits per heavy atom. The lowest BCUT2D eigenvalue weighted by Gasteiger charge is -2.27. The van der Waals surface area contributed by atoms with Crippen LogP contribution in [0.15, 0.2) is 30.3 Å². The van der Waals surface area contributed by atoms with Crippen LogP contribution in [0.4, 0.5) is 13.2 Å². The van der Waals surface area contributed by atoms with Crippen LogP contribution in [-0.2, 0) is 14.4 Å². The molecule has 3 N–H and O–H groups in total. The number of benzene rings is 1. The molecule has 0 saturated carbocycles. The average Bonchev–Trinajstić information content (AvgIpc) is 2.43. The highest BCUT2D eigenvalue weighted by Crippen LogP contribution is 2.18. The lowest BCUT2D eigenvalue weighted by Crippen LogP contribution is -2.58. The molecule has 0 aliphatic rings. The Labute approximate surface area is 129 Å². The molecule has 0 saturated heterocycles. The van der Waals surface area contributed by atoms with Gasteiger partial charge in [0, 0.05) is 0 Å². The highest BCUT2D eigenvalue weighted by Gasteiger charge is 2.43. The molecule has 0 aromatic heterocycles. The second-order valence-corrected chi connectivity index (χ2v) is 5.23. The minimum Gasteiger partial charge on any atom is -0.479 e. The first-order valence-electron chi connectivity index (χ1n) is 6.43. The minimum absolute atomic E-state index is 0.242. The van der Waals surface area contributed by atoms with Crippen molar-refractivity contribution in [1.82, 2.24) is 10.6 Å². The van der Waals surface area contributed by atoms with Gasteiger partial charge in [-0.15, -0.1) is 0 Å². The summed E-state index contributed by atoms with van der Waals surface area (Å²) >= 11 is 0. The van der Waals surface area contributed by atoms with Gasteiger partial charge in [-0.2, -0.15) is 13.2 Å². The van der Waals surface area contributed by atoms with E-state index in [-0.39, 0.29) is 5.56 Å². The van der Waals surface area contributed by atoms with Crippen molar-refractivity contribution in [1.29, 1.82) is 0 Å². The van der Waals surface area contributed by atoms with E-state index in [0.717, 1.165) is 13.8 Å². The largest absolute Gasteiger partial charge is 0.479 e. The molecule has 6 nitrogen and oxygen atoms in total. The van der Waals surface area contributed by atoms with Gasteiger partial charge in [-0.1, -0.05) is 30.3 Å². The Hall–Kier alpha value is -2.58. The molecule has 0 heterocycles. The number of alkyl halides is 3. The summed E-state index contributed by atoms with van der Waals surface area (Å²) in [6, 6.07) is 6.17. The van der Waals surface area contributed by atoms with Crippen LogP contribution in [0.3, 0.4) is 0 Å². The zero-order valence-electron chi connectivity index (χ0n) is 12.3. The maximum absolute atomic E-state index is 12.3. The van der Waals surface area contributed by atoms with Gasteiger partial charge in [0.2, 0.25) is 5.91 Å². The number of nitrogens with one attached hydrogen (secondary N) is 2. The number of aliphatic carboxylic acids is 1. The van der Waals surface area contributed by atoms with Gasteiger partial charge in [0.1, 0.15) is 5.54 Å². The fourth-order valence-corrected chi connectivity index (χ4v) is 1.66. The minimum atomic E-state index is -5.15. The topological polar surface area (TPSA) is 95.5 Å². The molecule has 0 bridgehead atoms. The Kier molecular flexibility index (Phi) is 5.36. The van der Waals surface area contributed by atoms with Crippen molar-refractivity contribution in [2.75, 3.05) is 0 Å². The van der Waals surface area contributed by atoms with E-state index in [2.05, 4.69) is 5.32 Å². The normalized spacial score (nSPS) is 13.1. The molecule has 0 spiro atoms. The fraction of sp³-hybridized carbons (Fsp3) is 0.357. The number of amides is 2. The highest BCUT2D eigenvalue weighted by atomic mass is 19.4. The molecular formula is C14H15F3N2O4. The number of carboxylic acids is 1. The van der Waals surface area contributed by atoms with E-state index in [9.17, 15) is 32.7 Å². The van der Waals surface area contributed by atoms with Crippen molar-refractivity contribution in [3.63, 3.8) is 0 Å². The Bertz CT molecular complexity index is 600. The van der Waals surface area contributed by atoms with Crippen molar-refractivity contribution in [2.45, 2.75) is 31.6 Å². The molecule has 0 aliphatic carbocycles. The summed E-state index contributed by atoms with van der Waals surface area (Å²) in [6.07, 6.45) is -5.15. The van der Waals surface area contributed by atoms with Gasteiger partial charge >= 0.3 is 18.1 Å². The summed E-state index contributed by atoms with van der Waals surface area (Å²) in [5.41, 5.74) is -1.71. The third-order valence-electron chi connectivity index (χ3n) is 2.91. The Morgan fingerprint density at radius 2 is 1.57 bits per heavy atom. The summed E-state index contributed by atoms with van der Waals surface area (Å²) in [7, 11) is 0. The third kappa shape index (κ3) is 4.97. The SMILES string of the molecule is CC(C)(NC(=O)C(F)(F)F)C(=O)NC(C(=O)O)c1ccccc1. The van der Waals surface area contributed by atoms with Crippen molar-refractivity contribution < 1.29 is 32.7 Å². The third-order valence-corrected chi connectivity index (χ3v) is 2.91. The fourth-order valence-electron chi connectivity index (χ4n) is 1.66. The Balaban J connectivity index is 2.90. The van der Waals surface area contributed by atoms with Crippen LogP contribution in [0, 0.1) is 0 Å². The van der Waals surface area contributed by atoms with Gasteiger partial charge in [-0.3, -0.25) is 9.59 Å². The number of carboxylic acid groups (broad SMARTS) is 1. The number of halogens is 3. The molecular weight excluding hydrogens is 317 g/mol. The van der Waals surface area contributed by atoms with Crippen molar-refractivity contribution in [3.8, 4) is 0 Å². The molecule has 1 aromatic carbocycles. The number of carbonyl (C=O) groups excluding carboxylic acids is 2. The Morgan fingerprint density at radius 3 is 2.00 bits per heavy atom. The predicted molar refractivity (Wildman–Crippen MR) is 73.2 cm³/mol. The van der Waals surface area contributed by atoms with Crippen LogP contribution in [0.25, 0.3) is 0 Å². The monoisotopic (exact) mass is 332 g/mol. The van der Waals surface area contributed by atoms with Crippen LogP contribution in [-0.4, -0.2) is 34.6 Å². The molecule has 2 amide bonds. The maximum Gasteiger partial charge on any atom is 0.471 e. The lowest BCUT2D eigenvalue weighted by molar-refractivity contribution is -0.176. The number of rotatable bonds is 5. The molecule has 1 rings (SSSR count). The van der Waals surface area contributed by atoms with E-state index < -0.39 is 35.5 Å². The summed E-state index contributed by atoms with van der Waals surface area (Å²) in [5, 5.41) is 12.8. The molecule has 126 valence electrons. The van der Waals surface area contributed by atoms with E-state index in [4.69, 9.17) is 0 Å². The molecule has 0 aliphatic heterocycles. The van der Waals surface area contributed by atoms with Crippen LogP contribution in [0.2, 0.25) is 0 Å². The van der Waals surface area contributed by atoms with Crippen LogP contribution >= 0.6 is 0 Å². The zero-order chi connectivity index (χ0) is 17.8. The number of carbonyl (C=O) groups is 3.